The average molecular weight is 407 g/mol. The van der Waals surface area contributed by atoms with E-state index in [1.165, 1.54) is 0 Å². The number of hydrogen-bond donors (Lipinski definition) is 1. The molecule has 0 spiro atoms. The predicted molar refractivity (Wildman–Crippen MR) is 119 cm³/mol. The molecule has 0 aliphatic carbocycles. The number of carbonyl (C=O) groups is 1. The summed E-state index contributed by atoms with van der Waals surface area (Å²) in [5.41, 5.74) is 2.81. The average Bonchev–Trinajstić information content (AvgIpc) is 3.12. The molecule has 1 amide bonds. The van der Waals surface area contributed by atoms with E-state index in [0.717, 1.165) is 48.1 Å². The summed E-state index contributed by atoms with van der Waals surface area (Å²) >= 11 is 0. The third-order valence-corrected chi connectivity index (χ3v) is 6.09. The molecule has 0 saturated carbocycles. The van der Waals surface area contributed by atoms with E-state index in [-0.39, 0.29) is 16.9 Å². The van der Waals surface area contributed by atoms with Crippen LogP contribution >= 0.6 is 0 Å². The van der Waals surface area contributed by atoms with Crippen LogP contribution in [-0.2, 0) is 23.2 Å². The fourth-order valence-corrected chi connectivity index (χ4v) is 4.17. The smallest absolute Gasteiger partial charge is 0.253 e. The molecule has 30 heavy (non-hydrogen) atoms. The van der Waals surface area contributed by atoms with E-state index in [1.54, 1.807) is 17.0 Å². The van der Waals surface area contributed by atoms with Crippen LogP contribution in [0.15, 0.2) is 47.7 Å². The standard InChI is InChI=1S/C24H30N4O2/c1-24(2,3)21-13-23(30)28(16-26-21)15-17-8-10-27(11-9-17)22(29)12-18-14-25-20-7-5-4-6-19(18)20/h4-7,13-14,16-17,25H,8-12,15H2,1-3H3. The Morgan fingerprint density at radius 3 is 2.63 bits per heavy atom. The van der Waals surface area contributed by atoms with Gasteiger partial charge in [0.05, 0.1) is 18.4 Å². The molecule has 158 valence electrons. The molecule has 2 aromatic heterocycles. The highest BCUT2D eigenvalue weighted by atomic mass is 16.2. The van der Waals surface area contributed by atoms with Crippen LogP contribution < -0.4 is 5.56 Å². The van der Waals surface area contributed by atoms with E-state index in [4.69, 9.17) is 0 Å². The van der Waals surface area contributed by atoms with Crippen molar-refractivity contribution in [2.45, 2.75) is 52.0 Å². The zero-order chi connectivity index (χ0) is 21.3. The molecule has 0 unspecified atom stereocenters. The lowest BCUT2D eigenvalue weighted by Gasteiger charge is -2.32. The van der Waals surface area contributed by atoms with E-state index in [9.17, 15) is 9.59 Å². The highest BCUT2D eigenvalue weighted by molar-refractivity contribution is 5.88. The van der Waals surface area contributed by atoms with Crippen molar-refractivity contribution in [3.8, 4) is 0 Å². The lowest BCUT2D eigenvalue weighted by atomic mass is 9.92. The number of fused-ring (bicyclic) bond motifs is 1. The third kappa shape index (κ3) is 4.32. The summed E-state index contributed by atoms with van der Waals surface area (Å²) in [4.78, 5) is 35.0. The fourth-order valence-electron chi connectivity index (χ4n) is 4.17. The quantitative estimate of drug-likeness (QED) is 0.721. The Labute approximate surface area is 176 Å². The van der Waals surface area contributed by atoms with Gasteiger partial charge < -0.3 is 9.88 Å². The summed E-state index contributed by atoms with van der Waals surface area (Å²) in [6, 6.07) is 9.73. The molecule has 1 saturated heterocycles. The number of aromatic nitrogens is 3. The van der Waals surface area contributed by atoms with Crippen LogP contribution in [-0.4, -0.2) is 38.4 Å². The van der Waals surface area contributed by atoms with Gasteiger partial charge in [-0.3, -0.25) is 14.2 Å². The number of hydrogen-bond acceptors (Lipinski definition) is 3. The van der Waals surface area contributed by atoms with Crippen molar-refractivity contribution in [3.63, 3.8) is 0 Å². The molecule has 4 rings (SSSR count). The SMILES string of the molecule is CC(C)(C)c1cc(=O)n(CC2CCN(C(=O)Cc3c[nH]c4ccccc34)CC2)cn1. The molecular formula is C24H30N4O2. The Morgan fingerprint density at radius 2 is 1.93 bits per heavy atom. The number of likely N-dealkylation sites (tertiary alicyclic amines) is 1. The minimum Gasteiger partial charge on any atom is -0.361 e. The number of benzene rings is 1. The van der Waals surface area contributed by atoms with Crippen LogP contribution in [0.1, 0.15) is 44.9 Å². The Balaban J connectivity index is 1.34. The lowest BCUT2D eigenvalue weighted by Crippen LogP contribution is -2.40. The Kier molecular flexibility index (Phi) is 5.50. The summed E-state index contributed by atoms with van der Waals surface area (Å²) in [6.45, 7) is 8.33. The molecular weight excluding hydrogens is 376 g/mol. The maximum absolute atomic E-state index is 12.8. The number of nitrogens with zero attached hydrogens (tertiary/aromatic N) is 3. The zero-order valence-corrected chi connectivity index (χ0v) is 18.0. The first kappa shape index (κ1) is 20.4. The molecule has 3 aromatic rings. The van der Waals surface area contributed by atoms with Gasteiger partial charge in [0.15, 0.2) is 0 Å². The van der Waals surface area contributed by atoms with Crippen molar-refractivity contribution in [2.24, 2.45) is 5.92 Å². The number of H-pyrrole nitrogens is 1. The lowest BCUT2D eigenvalue weighted by molar-refractivity contribution is -0.131. The fraction of sp³-hybridized carbons (Fsp3) is 0.458. The molecule has 1 fully saturated rings. The molecule has 0 atom stereocenters. The highest BCUT2D eigenvalue weighted by Crippen LogP contribution is 2.23. The molecule has 0 bridgehead atoms. The maximum Gasteiger partial charge on any atom is 0.253 e. The van der Waals surface area contributed by atoms with Gasteiger partial charge in [-0.2, -0.15) is 0 Å². The second-order valence-corrected chi connectivity index (χ2v) is 9.38. The van der Waals surface area contributed by atoms with E-state index in [0.29, 0.717) is 18.9 Å². The minimum atomic E-state index is -0.130. The Hall–Kier alpha value is -2.89. The van der Waals surface area contributed by atoms with Crippen LogP contribution in [0.25, 0.3) is 10.9 Å². The molecule has 6 nitrogen and oxygen atoms in total. The van der Waals surface area contributed by atoms with Gasteiger partial charge in [-0.15, -0.1) is 0 Å². The monoisotopic (exact) mass is 406 g/mol. The van der Waals surface area contributed by atoms with Gasteiger partial charge >= 0.3 is 0 Å². The van der Waals surface area contributed by atoms with Gasteiger partial charge in [0.2, 0.25) is 5.91 Å². The first-order valence-corrected chi connectivity index (χ1v) is 10.7. The summed E-state index contributed by atoms with van der Waals surface area (Å²) in [6.07, 6.45) is 5.86. The number of carbonyl (C=O) groups excluding carboxylic acids is 1. The van der Waals surface area contributed by atoms with Gasteiger partial charge in [0.1, 0.15) is 0 Å². The Bertz CT molecular complexity index is 1100. The van der Waals surface area contributed by atoms with Gasteiger partial charge in [-0.25, -0.2) is 4.98 Å². The normalized spacial score (nSPS) is 15.6. The summed E-state index contributed by atoms with van der Waals surface area (Å²) in [5, 5.41) is 1.12. The number of nitrogens with one attached hydrogen (secondary N) is 1. The van der Waals surface area contributed by atoms with Crippen molar-refractivity contribution in [1.82, 2.24) is 19.4 Å². The number of aromatic amines is 1. The molecule has 0 radical (unpaired) electrons. The number of para-hydroxylation sites is 1. The van der Waals surface area contributed by atoms with Crippen molar-refractivity contribution in [1.29, 1.82) is 0 Å². The molecule has 3 heterocycles. The van der Waals surface area contributed by atoms with Gasteiger partial charge in [0, 0.05) is 48.2 Å². The molecule has 6 heteroatoms. The van der Waals surface area contributed by atoms with Gasteiger partial charge in [-0.05, 0) is 30.4 Å². The summed E-state index contributed by atoms with van der Waals surface area (Å²) < 4.78 is 1.71. The van der Waals surface area contributed by atoms with Crippen LogP contribution in [0.4, 0.5) is 0 Å². The molecule has 1 aliphatic heterocycles. The van der Waals surface area contributed by atoms with Crippen molar-refractivity contribution in [3.05, 3.63) is 64.5 Å². The number of amides is 1. The maximum atomic E-state index is 12.8. The zero-order valence-electron chi connectivity index (χ0n) is 18.0. The second-order valence-electron chi connectivity index (χ2n) is 9.38. The van der Waals surface area contributed by atoms with E-state index < -0.39 is 0 Å². The van der Waals surface area contributed by atoms with Crippen LogP contribution in [0.2, 0.25) is 0 Å². The number of piperidine rings is 1. The third-order valence-electron chi connectivity index (χ3n) is 6.09. The first-order chi connectivity index (χ1) is 14.3. The van der Waals surface area contributed by atoms with Crippen LogP contribution in [0.5, 0.6) is 0 Å². The van der Waals surface area contributed by atoms with Crippen molar-refractivity contribution in [2.75, 3.05) is 13.1 Å². The molecule has 1 aromatic carbocycles. The van der Waals surface area contributed by atoms with E-state index in [1.807, 2.05) is 29.3 Å². The van der Waals surface area contributed by atoms with Gasteiger partial charge in [-0.1, -0.05) is 39.0 Å². The van der Waals surface area contributed by atoms with Crippen LogP contribution in [0, 0.1) is 5.92 Å². The second kappa shape index (κ2) is 8.09. The first-order valence-electron chi connectivity index (χ1n) is 10.7. The summed E-state index contributed by atoms with van der Waals surface area (Å²) in [7, 11) is 0. The highest BCUT2D eigenvalue weighted by Gasteiger charge is 2.24. The van der Waals surface area contributed by atoms with Gasteiger partial charge in [0.25, 0.3) is 5.56 Å². The molecule has 1 aliphatic rings. The largest absolute Gasteiger partial charge is 0.361 e. The van der Waals surface area contributed by atoms with E-state index >= 15 is 0 Å². The number of rotatable bonds is 4. The van der Waals surface area contributed by atoms with Crippen LogP contribution in [0.3, 0.4) is 0 Å². The topological polar surface area (TPSA) is 71.0 Å². The van der Waals surface area contributed by atoms with E-state index in [2.05, 4.69) is 36.8 Å². The predicted octanol–water partition coefficient (Wildman–Crippen LogP) is 3.50. The Morgan fingerprint density at radius 1 is 1.20 bits per heavy atom. The minimum absolute atomic E-state index is 0.00719. The molecule has 1 N–H and O–H groups in total. The van der Waals surface area contributed by atoms with Crippen molar-refractivity contribution >= 4 is 16.8 Å². The summed E-state index contributed by atoms with van der Waals surface area (Å²) in [5.74, 6) is 0.564. The van der Waals surface area contributed by atoms with Crippen molar-refractivity contribution < 1.29 is 4.79 Å².